The molecule has 0 aliphatic rings. The average Bonchev–Trinajstić information content (AvgIpc) is 3.19. The molecule has 0 aliphatic carbocycles. The normalized spacial score (nSPS) is 13.5. The van der Waals surface area contributed by atoms with Gasteiger partial charge in [-0.05, 0) is 45.0 Å². The van der Waals surface area contributed by atoms with E-state index in [4.69, 9.17) is 10.5 Å². The van der Waals surface area contributed by atoms with E-state index in [2.05, 4.69) is 36.0 Å². The summed E-state index contributed by atoms with van der Waals surface area (Å²) in [6.07, 6.45) is -5.48. The van der Waals surface area contributed by atoms with Crippen molar-refractivity contribution in [3.05, 3.63) is 30.1 Å². The third kappa shape index (κ3) is 9.40. The van der Waals surface area contributed by atoms with Crippen LogP contribution < -0.4 is 21.1 Å². The van der Waals surface area contributed by atoms with Crippen molar-refractivity contribution in [2.75, 3.05) is 5.32 Å². The van der Waals surface area contributed by atoms with E-state index in [1.165, 1.54) is 12.1 Å². The van der Waals surface area contributed by atoms with E-state index in [9.17, 15) is 27.6 Å². The Kier molecular flexibility index (Phi) is 8.51. The summed E-state index contributed by atoms with van der Waals surface area (Å²) in [5.41, 5.74) is 5.14. The van der Waals surface area contributed by atoms with Gasteiger partial charge in [0.2, 0.25) is 11.8 Å². The van der Waals surface area contributed by atoms with Crippen molar-refractivity contribution in [3.63, 3.8) is 0 Å². The molecule has 1 aromatic carbocycles. The quantitative estimate of drug-likeness (QED) is 0.373. The van der Waals surface area contributed by atoms with Crippen molar-refractivity contribution in [1.29, 1.82) is 0 Å². The van der Waals surface area contributed by atoms with Crippen LogP contribution in [0.1, 0.15) is 33.0 Å². The fourth-order valence-electron chi connectivity index (χ4n) is 2.56. The molecule has 1 aromatic heterocycles. The molecule has 0 spiro atoms. The fraction of sp³-hybridized carbons (Fsp3) is 0.474. The number of anilines is 1. The maximum atomic E-state index is 12.8. The number of nitrogens with one attached hydrogen (secondary N) is 3. The molecule has 34 heavy (non-hydrogen) atoms. The van der Waals surface area contributed by atoms with E-state index in [1.807, 2.05) is 0 Å². The van der Waals surface area contributed by atoms with E-state index >= 15 is 0 Å². The van der Waals surface area contributed by atoms with Gasteiger partial charge in [-0.2, -0.15) is 5.21 Å². The molecule has 2 rings (SSSR count). The second-order valence-corrected chi connectivity index (χ2v) is 8.05. The topological polar surface area (TPSA) is 174 Å². The van der Waals surface area contributed by atoms with Crippen molar-refractivity contribution >= 4 is 23.5 Å². The molecule has 12 nitrogen and oxygen atoms in total. The highest BCUT2D eigenvalue weighted by Gasteiger charge is 2.31. The zero-order chi connectivity index (χ0) is 25.5. The Morgan fingerprint density at radius 3 is 2.29 bits per heavy atom. The second-order valence-electron chi connectivity index (χ2n) is 8.05. The van der Waals surface area contributed by atoms with Crippen molar-refractivity contribution in [2.45, 2.75) is 57.7 Å². The molecule has 0 fully saturated rings. The number of esters is 1. The van der Waals surface area contributed by atoms with Gasteiger partial charge in [0.05, 0.1) is 12.5 Å². The van der Waals surface area contributed by atoms with Crippen LogP contribution >= 0.6 is 0 Å². The number of alkyl halides is 3. The van der Waals surface area contributed by atoms with Crippen LogP contribution in [0.25, 0.3) is 0 Å². The van der Waals surface area contributed by atoms with Crippen molar-refractivity contribution < 1.29 is 37.0 Å². The molecule has 2 aromatic rings. The number of amides is 2. The van der Waals surface area contributed by atoms with Gasteiger partial charge < -0.3 is 25.8 Å². The molecule has 0 radical (unpaired) electrons. The highest BCUT2D eigenvalue weighted by Crippen LogP contribution is 2.24. The van der Waals surface area contributed by atoms with Crippen LogP contribution in [0.5, 0.6) is 5.75 Å². The lowest BCUT2D eigenvalue weighted by Gasteiger charge is -2.22. The van der Waals surface area contributed by atoms with Crippen LogP contribution in [-0.2, 0) is 25.5 Å². The number of hydrogen-bond acceptors (Lipinski definition) is 9. The first-order valence-corrected chi connectivity index (χ1v) is 9.88. The first-order valence-electron chi connectivity index (χ1n) is 9.88. The van der Waals surface area contributed by atoms with E-state index in [0.29, 0.717) is 0 Å². The summed E-state index contributed by atoms with van der Waals surface area (Å²) in [4.78, 5) is 37.2. The highest BCUT2D eigenvalue weighted by atomic mass is 19.4. The van der Waals surface area contributed by atoms with Gasteiger partial charge in [0.25, 0.3) is 0 Å². The Balaban J connectivity index is 2.06. The minimum Gasteiger partial charge on any atom is -0.460 e. The largest absolute Gasteiger partial charge is 0.573 e. The summed E-state index contributed by atoms with van der Waals surface area (Å²) in [6.45, 7) is 4.97. The highest BCUT2D eigenvalue weighted by molar-refractivity contribution is 5.98. The number of nitrogens with two attached hydrogens (primary N) is 1. The molecule has 0 bridgehead atoms. The number of benzene rings is 1. The van der Waals surface area contributed by atoms with Gasteiger partial charge >= 0.3 is 12.3 Å². The number of hydrogen-bond donors (Lipinski definition) is 4. The van der Waals surface area contributed by atoms with E-state index < -0.39 is 54.0 Å². The number of aromatic nitrogens is 4. The number of halogens is 3. The Labute approximate surface area is 191 Å². The standard InChI is InChI=1S/C19H24F3N7O5/c1-18(2,3)34-15(30)8-12(23)16(31)25-13(9-14-26-28-29-27-14)17(32)24-10-4-6-11(7-5-10)33-19(20,21)22/h4-7,12-13H,8-9,23H2,1-3H3,(H,24,32)(H,25,31)(H,26,27,28,29)/t12-,13-/m0/s1. The maximum Gasteiger partial charge on any atom is 0.573 e. The zero-order valence-corrected chi connectivity index (χ0v) is 18.5. The molecule has 15 heteroatoms. The van der Waals surface area contributed by atoms with E-state index in [1.54, 1.807) is 20.8 Å². The van der Waals surface area contributed by atoms with Crippen LogP contribution in [-0.4, -0.2) is 62.5 Å². The van der Waals surface area contributed by atoms with Gasteiger partial charge in [-0.3, -0.25) is 14.4 Å². The number of carbonyl (C=O) groups excluding carboxylic acids is 3. The molecule has 0 saturated carbocycles. The molecule has 2 amide bonds. The van der Waals surface area contributed by atoms with Crippen LogP contribution in [0.15, 0.2) is 24.3 Å². The smallest absolute Gasteiger partial charge is 0.460 e. The first-order chi connectivity index (χ1) is 15.7. The molecule has 2 atom stereocenters. The lowest BCUT2D eigenvalue weighted by molar-refractivity contribution is -0.274. The molecule has 186 valence electrons. The Morgan fingerprint density at radius 1 is 1.12 bits per heavy atom. The predicted octanol–water partition coefficient (Wildman–Crippen LogP) is 0.823. The van der Waals surface area contributed by atoms with Gasteiger partial charge in [0.1, 0.15) is 17.4 Å². The number of aromatic amines is 1. The van der Waals surface area contributed by atoms with Gasteiger partial charge in [-0.15, -0.1) is 23.4 Å². The molecule has 0 aliphatic heterocycles. The third-order valence-electron chi connectivity index (χ3n) is 3.91. The first kappa shape index (κ1) is 26.5. The summed E-state index contributed by atoms with van der Waals surface area (Å²) in [7, 11) is 0. The van der Waals surface area contributed by atoms with E-state index in [0.717, 1.165) is 12.1 Å². The molecule has 5 N–H and O–H groups in total. The lowest BCUT2D eigenvalue weighted by Crippen LogP contribution is -2.51. The molecular formula is C19H24F3N7O5. The Hall–Kier alpha value is -3.75. The SMILES string of the molecule is CC(C)(C)OC(=O)C[C@H](N)C(=O)N[C@@H](Cc1nn[nH]n1)C(=O)Nc1ccc(OC(F)(F)F)cc1. The molecule has 0 saturated heterocycles. The van der Waals surface area contributed by atoms with Crippen LogP contribution in [0, 0.1) is 0 Å². The fourth-order valence-corrected chi connectivity index (χ4v) is 2.56. The van der Waals surface area contributed by atoms with E-state index in [-0.39, 0.29) is 17.9 Å². The number of carbonyl (C=O) groups is 3. The summed E-state index contributed by atoms with van der Waals surface area (Å²) < 4.78 is 45.8. The van der Waals surface area contributed by atoms with Gasteiger partial charge in [0, 0.05) is 12.1 Å². The number of rotatable bonds is 9. The second kappa shape index (κ2) is 10.9. The molecule has 1 heterocycles. The average molecular weight is 487 g/mol. The Morgan fingerprint density at radius 2 is 1.76 bits per heavy atom. The monoisotopic (exact) mass is 487 g/mol. The predicted molar refractivity (Wildman–Crippen MR) is 110 cm³/mol. The number of H-pyrrole nitrogens is 1. The Bertz CT molecular complexity index is 976. The maximum absolute atomic E-state index is 12.8. The van der Waals surface area contributed by atoms with Crippen LogP contribution in [0.4, 0.5) is 18.9 Å². The minimum absolute atomic E-state index is 0.0927. The van der Waals surface area contributed by atoms with Crippen LogP contribution in [0.2, 0.25) is 0 Å². The zero-order valence-electron chi connectivity index (χ0n) is 18.5. The lowest BCUT2D eigenvalue weighted by atomic mass is 10.1. The van der Waals surface area contributed by atoms with Crippen LogP contribution in [0.3, 0.4) is 0 Å². The van der Waals surface area contributed by atoms with Gasteiger partial charge in [0.15, 0.2) is 5.82 Å². The minimum atomic E-state index is -4.86. The number of ether oxygens (including phenoxy) is 2. The van der Waals surface area contributed by atoms with Gasteiger partial charge in [-0.1, -0.05) is 5.21 Å². The summed E-state index contributed by atoms with van der Waals surface area (Å²) in [5.74, 6) is -2.64. The van der Waals surface area contributed by atoms with Gasteiger partial charge in [-0.25, -0.2) is 0 Å². The number of nitrogens with zero attached hydrogens (tertiary/aromatic N) is 3. The third-order valence-corrected chi connectivity index (χ3v) is 3.91. The van der Waals surface area contributed by atoms with Crippen molar-refractivity contribution in [1.82, 2.24) is 25.9 Å². The number of tetrazole rings is 1. The van der Waals surface area contributed by atoms with Crippen molar-refractivity contribution in [2.24, 2.45) is 5.73 Å². The summed E-state index contributed by atoms with van der Waals surface area (Å²) in [5, 5.41) is 17.9. The summed E-state index contributed by atoms with van der Waals surface area (Å²) >= 11 is 0. The summed E-state index contributed by atoms with van der Waals surface area (Å²) in [6, 6.07) is 1.82. The molecular weight excluding hydrogens is 463 g/mol. The van der Waals surface area contributed by atoms with Crippen molar-refractivity contribution in [3.8, 4) is 5.75 Å². The molecule has 0 unspecified atom stereocenters.